The molecule has 22 heavy (non-hydrogen) atoms. The van der Waals surface area contributed by atoms with Gasteiger partial charge in [-0.1, -0.05) is 20.8 Å². The van der Waals surface area contributed by atoms with E-state index in [1.807, 2.05) is 20.8 Å². The number of piperidine rings is 1. The Kier molecular flexibility index (Phi) is 4.78. The molecule has 0 radical (unpaired) electrons. The SMILES string of the molecule is CC(=O)N1CCC(C(=O)Nc2cnc(C(C)(C)C)nc2)CC1. The van der Waals surface area contributed by atoms with Crippen LogP contribution < -0.4 is 5.32 Å². The normalized spacial score (nSPS) is 16.5. The maximum Gasteiger partial charge on any atom is 0.227 e. The smallest absolute Gasteiger partial charge is 0.227 e. The van der Waals surface area contributed by atoms with E-state index in [2.05, 4.69) is 15.3 Å². The van der Waals surface area contributed by atoms with Crippen molar-refractivity contribution >= 4 is 17.5 Å². The number of carbonyl (C=O) groups excluding carboxylic acids is 2. The number of likely N-dealkylation sites (tertiary alicyclic amines) is 1. The predicted octanol–water partition coefficient (Wildman–Crippen LogP) is 1.97. The standard InChI is InChI=1S/C16H24N4O2/c1-11(21)20-7-5-12(6-8-20)14(22)19-13-9-17-15(18-10-13)16(2,3)4/h9-10,12H,5-8H2,1-4H3,(H,19,22). The highest BCUT2D eigenvalue weighted by Gasteiger charge is 2.26. The fourth-order valence-corrected chi connectivity index (χ4v) is 2.48. The van der Waals surface area contributed by atoms with Crippen molar-refractivity contribution in [2.75, 3.05) is 18.4 Å². The quantitative estimate of drug-likeness (QED) is 0.906. The maximum absolute atomic E-state index is 12.3. The van der Waals surface area contributed by atoms with Crippen LogP contribution in [0.25, 0.3) is 0 Å². The number of hydrogen-bond acceptors (Lipinski definition) is 4. The zero-order valence-corrected chi connectivity index (χ0v) is 13.7. The van der Waals surface area contributed by atoms with Gasteiger partial charge in [-0.05, 0) is 12.8 Å². The highest BCUT2D eigenvalue weighted by Crippen LogP contribution is 2.21. The van der Waals surface area contributed by atoms with E-state index in [9.17, 15) is 9.59 Å². The van der Waals surface area contributed by atoms with Gasteiger partial charge in [0.05, 0.1) is 18.1 Å². The molecule has 1 saturated heterocycles. The van der Waals surface area contributed by atoms with Gasteiger partial charge in [-0.2, -0.15) is 0 Å². The summed E-state index contributed by atoms with van der Waals surface area (Å²) in [4.78, 5) is 33.9. The second-order valence-corrected chi connectivity index (χ2v) is 6.81. The summed E-state index contributed by atoms with van der Waals surface area (Å²) in [5, 5.41) is 2.87. The van der Waals surface area contributed by atoms with Crippen LogP contribution >= 0.6 is 0 Å². The van der Waals surface area contributed by atoms with Crippen molar-refractivity contribution in [3.8, 4) is 0 Å². The minimum atomic E-state index is -0.109. The third kappa shape index (κ3) is 4.02. The maximum atomic E-state index is 12.3. The molecule has 1 N–H and O–H groups in total. The summed E-state index contributed by atoms with van der Waals surface area (Å²) in [7, 11) is 0. The molecular formula is C16H24N4O2. The first-order chi connectivity index (χ1) is 10.3. The molecule has 2 rings (SSSR count). The molecule has 1 aromatic rings. The molecule has 6 heteroatoms. The summed E-state index contributed by atoms with van der Waals surface area (Å²) in [5.74, 6) is 0.749. The summed E-state index contributed by atoms with van der Waals surface area (Å²) >= 11 is 0. The number of carbonyl (C=O) groups is 2. The third-order valence-electron chi connectivity index (χ3n) is 3.90. The molecule has 0 spiro atoms. The highest BCUT2D eigenvalue weighted by molar-refractivity contribution is 5.92. The molecule has 120 valence electrons. The van der Waals surface area contributed by atoms with Crippen LogP contribution in [-0.4, -0.2) is 39.8 Å². The highest BCUT2D eigenvalue weighted by atomic mass is 16.2. The van der Waals surface area contributed by atoms with E-state index in [4.69, 9.17) is 0 Å². The Labute approximate surface area is 131 Å². The number of anilines is 1. The number of nitrogens with zero attached hydrogens (tertiary/aromatic N) is 3. The van der Waals surface area contributed by atoms with E-state index >= 15 is 0 Å². The molecule has 1 fully saturated rings. The van der Waals surface area contributed by atoms with Crippen LogP contribution in [-0.2, 0) is 15.0 Å². The molecule has 0 aromatic carbocycles. The third-order valence-corrected chi connectivity index (χ3v) is 3.90. The van der Waals surface area contributed by atoms with Crippen molar-refractivity contribution in [1.82, 2.24) is 14.9 Å². The van der Waals surface area contributed by atoms with Crippen LogP contribution in [0.1, 0.15) is 46.4 Å². The molecule has 0 atom stereocenters. The average Bonchev–Trinajstić information content (AvgIpc) is 2.47. The van der Waals surface area contributed by atoms with Crippen molar-refractivity contribution < 1.29 is 9.59 Å². The molecule has 0 bridgehead atoms. The van der Waals surface area contributed by atoms with E-state index in [0.717, 1.165) is 5.82 Å². The average molecular weight is 304 g/mol. The van der Waals surface area contributed by atoms with Gasteiger partial charge in [0, 0.05) is 31.3 Å². The Morgan fingerprint density at radius 1 is 1.18 bits per heavy atom. The van der Waals surface area contributed by atoms with Crippen molar-refractivity contribution in [3.05, 3.63) is 18.2 Å². The second-order valence-electron chi connectivity index (χ2n) is 6.81. The zero-order valence-electron chi connectivity index (χ0n) is 13.7. The van der Waals surface area contributed by atoms with Crippen LogP contribution in [0.15, 0.2) is 12.4 Å². The Morgan fingerprint density at radius 2 is 1.73 bits per heavy atom. The van der Waals surface area contributed by atoms with Gasteiger partial charge in [-0.3, -0.25) is 9.59 Å². The molecule has 2 amide bonds. The van der Waals surface area contributed by atoms with Crippen LogP contribution in [0.3, 0.4) is 0 Å². The van der Waals surface area contributed by atoms with Crippen molar-refractivity contribution in [2.45, 2.75) is 46.0 Å². The number of amides is 2. The fourth-order valence-electron chi connectivity index (χ4n) is 2.48. The van der Waals surface area contributed by atoms with Gasteiger partial charge in [-0.25, -0.2) is 9.97 Å². The van der Waals surface area contributed by atoms with E-state index in [0.29, 0.717) is 31.6 Å². The van der Waals surface area contributed by atoms with E-state index in [1.165, 1.54) is 0 Å². The van der Waals surface area contributed by atoms with Gasteiger partial charge in [0.25, 0.3) is 0 Å². The lowest BCUT2D eigenvalue weighted by molar-refractivity contribution is -0.132. The molecule has 0 unspecified atom stereocenters. The molecule has 2 heterocycles. The first kappa shape index (κ1) is 16.4. The summed E-state index contributed by atoms with van der Waals surface area (Å²) in [6.07, 6.45) is 4.70. The molecule has 1 aromatic heterocycles. The minimum Gasteiger partial charge on any atom is -0.343 e. The van der Waals surface area contributed by atoms with E-state index < -0.39 is 0 Å². The summed E-state index contributed by atoms with van der Waals surface area (Å²) in [6.45, 7) is 8.99. The molecule has 0 aliphatic carbocycles. The molecule has 0 saturated carbocycles. The molecule has 1 aliphatic rings. The largest absolute Gasteiger partial charge is 0.343 e. The molecule has 1 aliphatic heterocycles. The lowest BCUT2D eigenvalue weighted by Gasteiger charge is -2.30. The number of nitrogens with one attached hydrogen (secondary N) is 1. The first-order valence-electron chi connectivity index (χ1n) is 7.66. The van der Waals surface area contributed by atoms with Crippen LogP contribution in [0.2, 0.25) is 0 Å². The lowest BCUT2D eigenvalue weighted by Crippen LogP contribution is -2.40. The fraction of sp³-hybridized carbons (Fsp3) is 0.625. The van der Waals surface area contributed by atoms with Gasteiger partial charge in [0.2, 0.25) is 11.8 Å². The lowest BCUT2D eigenvalue weighted by atomic mass is 9.95. The number of rotatable bonds is 2. The van der Waals surface area contributed by atoms with Gasteiger partial charge in [-0.15, -0.1) is 0 Å². The summed E-state index contributed by atoms with van der Waals surface area (Å²) in [6, 6.07) is 0. The predicted molar refractivity (Wildman–Crippen MR) is 84.3 cm³/mol. The zero-order chi connectivity index (χ0) is 16.3. The Balaban J connectivity index is 1.91. The van der Waals surface area contributed by atoms with Crippen LogP contribution in [0.5, 0.6) is 0 Å². The minimum absolute atomic E-state index is 0.0182. The van der Waals surface area contributed by atoms with Gasteiger partial charge in [0.1, 0.15) is 5.82 Å². The molecular weight excluding hydrogens is 280 g/mol. The van der Waals surface area contributed by atoms with Crippen LogP contribution in [0.4, 0.5) is 5.69 Å². The number of aromatic nitrogens is 2. The number of hydrogen-bond donors (Lipinski definition) is 1. The first-order valence-corrected chi connectivity index (χ1v) is 7.66. The summed E-state index contributed by atoms with van der Waals surface area (Å²) < 4.78 is 0. The molecule has 6 nitrogen and oxygen atoms in total. The summed E-state index contributed by atoms with van der Waals surface area (Å²) in [5.41, 5.74) is 0.509. The topological polar surface area (TPSA) is 75.2 Å². The van der Waals surface area contributed by atoms with Crippen molar-refractivity contribution in [1.29, 1.82) is 0 Å². The van der Waals surface area contributed by atoms with E-state index in [-0.39, 0.29) is 23.1 Å². The van der Waals surface area contributed by atoms with E-state index in [1.54, 1.807) is 24.2 Å². The van der Waals surface area contributed by atoms with Crippen LogP contribution in [0, 0.1) is 5.92 Å². The van der Waals surface area contributed by atoms with Crippen molar-refractivity contribution in [3.63, 3.8) is 0 Å². The van der Waals surface area contributed by atoms with Gasteiger partial charge < -0.3 is 10.2 Å². The monoisotopic (exact) mass is 304 g/mol. The van der Waals surface area contributed by atoms with Gasteiger partial charge in [0.15, 0.2) is 0 Å². The second kappa shape index (κ2) is 6.42. The van der Waals surface area contributed by atoms with Crippen molar-refractivity contribution in [2.24, 2.45) is 5.92 Å². The van der Waals surface area contributed by atoms with Gasteiger partial charge >= 0.3 is 0 Å². The Morgan fingerprint density at radius 3 is 2.18 bits per heavy atom. The Hall–Kier alpha value is -1.98. The Bertz CT molecular complexity index is 540.